The number of aliphatic hydroxyl groups is 2. The third-order valence-corrected chi connectivity index (χ3v) is 8.74. The number of fused-ring (bicyclic) bond motifs is 1. The van der Waals surface area contributed by atoms with Gasteiger partial charge in [-0.15, -0.1) is 10.2 Å². The Bertz CT molecular complexity index is 1290. The van der Waals surface area contributed by atoms with Gasteiger partial charge < -0.3 is 25.2 Å². The summed E-state index contributed by atoms with van der Waals surface area (Å²) in [7, 11) is 0. The number of ether oxygens (including phenoxy) is 1. The molecule has 5 atom stereocenters. The molecule has 0 spiro atoms. The zero-order valence-electron chi connectivity index (χ0n) is 23.6. The lowest BCUT2D eigenvalue weighted by atomic mass is 10.0. The second kappa shape index (κ2) is 11.5. The van der Waals surface area contributed by atoms with Crippen LogP contribution in [0.15, 0.2) is 6.33 Å². The molecule has 3 aliphatic rings. The molecule has 3 fully saturated rings. The lowest BCUT2D eigenvalue weighted by Crippen LogP contribution is -2.35. The number of tetrazole rings is 1. The number of hydrogen-bond acceptors (Lipinski definition) is 12. The number of aryl methyl sites for hydroxylation is 1. The fraction of sp³-hybridized carbons (Fsp3) is 0.769. The van der Waals surface area contributed by atoms with Crippen LogP contribution < -0.4 is 10.2 Å². The van der Waals surface area contributed by atoms with E-state index in [1.807, 2.05) is 6.92 Å². The molecule has 0 saturated carbocycles. The molecule has 3 aliphatic heterocycles. The average molecular weight is 556 g/mol. The van der Waals surface area contributed by atoms with Crippen LogP contribution in [0.1, 0.15) is 71.0 Å². The summed E-state index contributed by atoms with van der Waals surface area (Å²) in [4.78, 5) is 20.8. The standard InChI is InChI=1S/C26H41N11O3/c1-4-16(5-2)13-27-22-18-24(30-26(29-22)35-12-9-17(14-35)34-10-7-8-11-34)36(15-28-18)25-20(39)19(38)21(40-25)23-31-33-37(6-3)32-23/h15-17,19-21,25,38-39H,4-14H2,1-3H3,(H,27,29,30)/t17-,19+,20-,21+,25-/m1/s1. The highest BCUT2D eigenvalue weighted by molar-refractivity contribution is 5.84. The molecule has 0 aliphatic carbocycles. The van der Waals surface area contributed by atoms with E-state index in [4.69, 9.17) is 14.7 Å². The summed E-state index contributed by atoms with van der Waals surface area (Å²) >= 11 is 0. The van der Waals surface area contributed by atoms with Crippen LogP contribution in [0.2, 0.25) is 0 Å². The second-order valence-corrected chi connectivity index (χ2v) is 11.2. The van der Waals surface area contributed by atoms with E-state index in [-0.39, 0.29) is 5.82 Å². The van der Waals surface area contributed by atoms with E-state index in [2.05, 4.69) is 49.4 Å². The van der Waals surface area contributed by atoms with Crippen molar-refractivity contribution < 1.29 is 14.9 Å². The first-order chi connectivity index (χ1) is 19.5. The molecule has 3 aromatic heterocycles. The molecule has 3 aromatic rings. The molecule has 0 unspecified atom stereocenters. The van der Waals surface area contributed by atoms with Gasteiger partial charge in [-0.05, 0) is 50.4 Å². The van der Waals surface area contributed by atoms with E-state index < -0.39 is 24.5 Å². The smallest absolute Gasteiger partial charge is 0.229 e. The van der Waals surface area contributed by atoms with Crippen molar-refractivity contribution in [2.75, 3.05) is 42.9 Å². The SMILES string of the molecule is CCC(CC)CNc1nc(N2CC[C@@H](N3CCCC3)C2)nc2c1ncn2[C@@H]1O[C@H](c2nnn(CC)n2)[C@@H](O)[C@H]1O. The molecule has 0 bridgehead atoms. The first-order valence-electron chi connectivity index (χ1n) is 14.8. The Labute approximate surface area is 233 Å². The Balaban J connectivity index is 1.32. The van der Waals surface area contributed by atoms with E-state index in [1.165, 1.54) is 17.6 Å². The molecule has 3 saturated heterocycles. The highest BCUT2D eigenvalue weighted by Crippen LogP contribution is 2.39. The molecule has 0 aromatic carbocycles. The summed E-state index contributed by atoms with van der Waals surface area (Å²) in [6, 6.07) is 0.507. The molecule has 6 heterocycles. The molecular weight excluding hydrogens is 514 g/mol. The average Bonchev–Trinajstić information content (AvgIpc) is 3.80. The quantitative estimate of drug-likeness (QED) is 0.331. The van der Waals surface area contributed by atoms with Crippen molar-refractivity contribution in [3.63, 3.8) is 0 Å². The van der Waals surface area contributed by atoms with Gasteiger partial charge in [-0.1, -0.05) is 26.7 Å². The predicted molar refractivity (Wildman–Crippen MR) is 148 cm³/mol. The highest BCUT2D eigenvalue weighted by Gasteiger charge is 2.47. The lowest BCUT2D eigenvalue weighted by Gasteiger charge is -2.24. The fourth-order valence-corrected chi connectivity index (χ4v) is 6.11. The normalized spacial score (nSPS) is 27.6. The topological polar surface area (TPSA) is 155 Å². The number of nitrogens with zero attached hydrogens (tertiary/aromatic N) is 10. The number of nitrogens with one attached hydrogen (secondary N) is 1. The third-order valence-electron chi connectivity index (χ3n) is 8.74. The number of imidazole rings is 1. The van der Waals surface area contributed by atoms with Gasteiger partial charge in [0.05, 0.1) is 12.9 Å². The molecule has 0 amide bonds. The molecule has 40 heavy (non-hydrogen) atoms. The van der Waals surface area contributed by atoms with Crippen molar-refractivity contribution >= 4 is 22.9 Å². The van der Waals surface area contributed by atoms with Crippen LogP contribution in [0.4, 0.5) is 11.8 Å². The number of hydrogen-bond donors (Lipinski definition) is 3. The number of aromatic nitrogens is 8. The van der Waals surface area contributed by atoms with Gasteiger partial charge >= 0.3 is 0 Å². The van der Waals surface area contributed by atoms with Gasteiger partial charge in [0.25, 0.3) is 0 Å². The first kappa shape index (κ1) is 27.2. The van der Waals surface area contributed by atoms with Gasteiger partial charge in [0, 0.05) is 25.7 Å². The molecule has 14 nitrogen and oxygen atoms in total. The van der Waals surface area contributed by atoms with Gasteiger partial charge in [0.1, 0.15) is 12.2 Å². The van der Waals surface area contributed by atoms with Gasteiger partial charge in [-0.25, -0.2) is 4.98 Å². The van der Waals surface area contributed by atoms with Crippen LogP contribution in [0.3, 0.4) is 0 Å². The minimum Gasteiger partial charge on any atom is -0.387 e. The van der Waals surface area contributed by atoms with E-state index in [0.29, 0.717) is 41.4 Å². The maximum atomic E-state index is 11.0. The van der Waals surface area contributed by atoms with Crippen molar-refractivity contribution in [1.29, 1.82) is 0 Å². The Morgan fingerprint density at radius 3 is 2.60 bits per heavy atom. The number of anilines is 2. The van der Waals surface area contributed by atoms with Crippen molar-refractivity contribution in [2.24, 2.45) is 5.92 Å². The van der Waals surface area contributed by atoms with Crippen LogP contribution in [-0.2, 0) is 11.3 Å². The summed E-state index contributed by atoms with van der Waals surface area (Å²) in [5.41, 5.74) is 1.15. The predicted octanol–water partition coefficient (Wildman–Crippen LogP) is 1.35. The summed E-state index contributed by atoms with van der Waals surface area (Å²) in [5.74, 6) is 2.06. The maximum absolute atomic E-state index is 11.0. The number of likely N-dealkylation sites (tertiary alicyclic amines) is 1. The second-order valence-electron chi connectivity index (χ2n) is 11.2. The van der Waals surface area contributed by atoms with Crippen LogP contribution in [0.25, 0.3) is 11.2 Å². The Kier molecular flexibility index (Phi) is 7.84. The summed E-state index contributed by atoms with van der Waals surface area (Å²) in [6.45, 7) is 11.7. The van der Waals surface area contributed by atoms with Crippen LogP contribution in [-0.4, -0.2) is 106 Å². The first-order valence-corrected chi connectivity index (χ1v) is 14.8. The van der Waals surface area contributed by atoms with Gasteiger partial charge in [0.2, 0.25) is 11.8 Å². The van der Waals surface area contributed by atoms with Crippen molar-refractivity contribution in [2.45, 2.75) is 90.0 Å². The Morgan fingerprint density at radius 2 is 1.88 bits per heavy atom. The largest absolute Gasteiger partial charge is 0.387 e. The van der Waals surface area contributed by atoms with E-state index in [0.717, 1.165) is 52.0 Å². The van der Waals surface area contributed by atoms with E-state index in [1.54, 1.807) is 10.9 Å². The minimum absolute atomic E-state index is 0.230. The van der Waals surface area contributed by atoms with Crippen LogP contribution >= 0.6 is 0 Å². The van der Waals surface area contributed by atoms with E-state index in [9.17, 15) is 10.2 Å². The Hall–Kier alpha value is -2.94. The molecule has 14 heteroatoms. The van der Waals surface area contributed by atoms with Crippen molar-refractivity contribution in [3.8, 4) is 0 Å². The molecule has 0 radical (unpaired) electrons. The summed E-state index contributed by atoms with van der Waals surface area (Å²) < 4.78 is 7.84. The van der Waals surface area contributed by atoms with Gasteiger partial charge in [-0.2, -0.15) is 14.8 Å². The van der Waals surface area contributed by atoms with Gasteiger partial charge in [-0.3, -0.25) is 9.47 Å². The zero-order valence-corrected chi connectivity index (χ0v) is 23.6. The zero-order chi connectivity index (χ0) is 27.8. The van der Waals surface area contributed by atoms with Crippen molar-refractivity contribution in [1.82, 2.24) is 44.6 Å². The van der Waals surface area contributed by atoms with Crippen LogP contribution in [0.5, 0.6) is 0 Å². The molecule has 3 N–H and O–H groups in total. The molecule has 6 rings (SSSR count). The van der Waals surface area contributed by atoms with E-state index >= 15 is 0 Å². The summed E-state index contributed by atoms with van der Waals surface area (Å²) in [6.07, 6.45) is 3.04. The third kappa shape index (κ3) is 5.01. The molecule has 218 valence electrons. The van der Waals surface area contributed by atoms with Gasteiger partial charge in [0.15, 0.2) is 29.3 Å². The number of rotatable bonds is 10. The Morgan fingerprint density at radius 1 is 1.07 bits per heavy atom. The highest BCUT2D eigenvalue weighted by atomic mass is 16.6. The number of aliphatic hydroxyl groups excluding tert-OH is 2. The monoisotopic (exact) mass is 555 g/mol. The maximum Gasteiger partial charge on any atom is 0.229 e. The summed E-state index contributed by atoms with van der Waals surface area (Å²) in [5, 5.41) is 37.7. The fourth-order valence-electron chi connectivity index (χ4n) is 6.11. The van der Waals surface area contributed by atoms with Crippen LogP contribution in [0, 0.1) is 5.92 Å². The van der Waals surface area contributed by atoms with Crippen molar-refractivity contribution in [3.05, 3.63) is 12.2 Å². The molecular formula is C26H41N11O3. The minimum atomic E-state index is -1.23. The lowest BCUT2D eigenvalue weighted by molar-refractivity contribution is -0.0384.